The second-order valence-corrected chi connectivity index (χ2v) is 9.17. The molecular formula is C20H20N4O8S. The Morgan fingerprint density at radius 2 is 1.73 bits per heavy atom. The molecule has 0 saturated carbocycles. The molecule has 4 rings (SSSR count). The predicted molar refractivity (Wildman–Crippen MR) is 111 cm³/mol. The third-order valence-electron chi connectivity index (χ3n) is 5.06. The summed E-state index contributed by atoms with van der Waals surface area (Å²) in [5.74, 6) is -2.67. The lowest BCUT2D eigenvalue weighted by atomic mass is 10.3. The molecule has 3 heterocycles. The Labute approximate surface area is 188 Å². The first-order valence-electron chi connectivity index (χ1n) is 9.95. The van der Waals surface area contributed by atoms with E-state index >= 15 is 0 Å². The molecule has 12 nitrogen and oxygen atoms in total. The van der Waals surface area contributed by atoms with Crippen molar-refractivity contribution in [2.75, 3.05) is 38.2 Å². The molecule has 1 N–H and O–H groups in total. The summed E-state index contributed by atoms with van der Waals surface area (Å²) in [7, 11) is -3.78. The number of rotatable bonds is 7. The van der Waals surface area contributed by atoms with Crippen LogP contribution in [0.4, 0.5) is 10.5 Å². The topological polar surface area (TPSA) is 147 Å². The van der Waals surface area contributed by atoms with Crippen molar-refractivity contribution in [1.29, 1.82) is 0 Å². The molecule has 2 aliphatic heterocycles. The van der Waals surface area contributed by atoms with Gasteiger partial charge in [0, 0.05) is 18.8 Å². The standard InChI is InChI=1S/C20H20N4O8S/c25-17(13-24-19(27)18(26)23(20(24)28)12-15-4-2-8-32-15)21-14-3-1-5-16(11-14)33(29,30)22-6-9-31-10-7-22/h1-5,8,11H,6-7,9-10,12-13H2,(H,21,25). The number of sulfonamides is 1. The monoisotopic (exact) mass is 476 g/mol. The van der Waals surface area contributed by atoms with E-state index in [1.165, 1.54) is 34.8 Å². The Hall–Kier alpha value is -3.55. The van der Waals surface area contributed by atoms with E-state index in [4.69, 9.17) is 9.15 Å². The zero-order chi connectivity index (χ0) is 23.6. The van der Waals surface area contributed by atoms with Crippen molar-refractivity contribution >= 4 is 39.5 Å². The minimum Gasteiger partial charge on any atom is -0.467 e. The summed E-state index contributed by atoms with van der Waals surface area (Å²) in [5.41, 5.74) is 0.159. The van der Waals surface area contributed by atoms with Crippen molar-refractivity contribution in [3.05, 3.63) is 48.4 Å². The largest absolute Gasteiger partial charge is 0.467 e. The molecule has 0 spiro atoms. The van der Waals surface area contributed by atoms with E-state index in [9.17, 15) is 27.6 Å². The van der Waals surface area contributed by atoms with Crippen LogP contribution >= 0.6 is 0 Å². The Kier molecular flexibility index (Phi) is 6.26. The maximum absolute atomic E-state index is 12.8. The molecule has 2 aromatic rings. The fourth-order valence-corrected chi connectivity index (χ4v) is 4.86. The molecule has 0 atom stereocenters. The highest BCUT2D eigenvalue weighted by molar-refractivity contribution is 7.89. The number of benzene rings is 1. The summed E-state index contributed by atoms with van der Waals surface area (Å²) in [4.78, 5) is 50.5. The van der Waals surface area contributed by atoms with Crippen molar-refractivity contribution in [3.8, 4) is 0 Å². The highest BCUT2D eigenvalue weighted by Gasteiger charge is 2.45. The molecule has 2 fully saturated rings. The summed E-state index contributed by atoms with van der Waals surface area (Å²) >= 11 is 0. The minimum absolute atomic E-state index is 0.0182. The molecular weight excluding hydrogens is 456 g/mol. The van der Waals surface area contributed by atoms with Gasteiger partial charge in [0.2, 0.25) is 15.9 Å². The second kappa shape index (κ2) is 9.13. The number of furan rings is 1. The van der Waals surface area contributed by atoms with Crippen LogP contribution in [0.15, 0.2) is 52.0 Å². The average Bonchev–Trinajstić information content (AvgIpc) is 3.39. The number of ether oxygens (including phenoxy) is 1. The van der Waals surface area contributed by atoms with Crippen LogP contribution in [-0.2, 0) is 35.7 Å². The molecule has 0 bridgehead atoms. The fourth-order valence-electron chi connectivity index (χ4n) is 3.40. The number of carbonyl (C=O) groups is 4. The Balaban J connectivity index is 1.42. The molecule has 0 radical (unpaired) electrons. The van der Waals surface area contributed by atoms with Gasteiger partial charge in [0.25, 0.3) is 0 Å². The summed E-state index contributed by atoms with van der Waals surface area (Å²) in [6.45, 7) is 0.0855. The number of morpholine rings is 1. The summed E-state index contributed by atoms with van der Waals surface area (Å²) < 4.78 is 37.2. The van der Waals surface area contributed by atoms with Crippen molar-refractivity contribution in [2.24, 2.45) is 0 Å². The number of nitrogens with zero attached hydrogens (tertiary/aromatic N) is 3. The van der Waals surface area contributed by atoms with Crippen LogP contribution < -0.4 is 5.32 Å². The second-order valence-electron chi connectivity index (χ2n) is 7.24. The van der Waals surface area contributed by atoms with Gasteiger partial charge in [0.15, 0.2) is 0 Å². The van der Waals surface area contributed by atoms with Gasteiger partial charge in [-0.2, -0.15) is 4.31 Å². The van der Waals surface area contributed by atoms with Gasteiger partial charge in [-0.1, -0.05) is 6.07 Å². The zero-order valence-electron chi connectivity index (χ0n) is 17.3. The molecule has 2 aliphatic rings. The van der Waals surface area contributed by atoms with Gasteiger partial charge >= 0.3 is 17.8 Å². The van der Waals surface area contributed by atoms with E-state index in [1.54, 1.807) is 12.1 Å². The lowest BCUT2D eigenvalue weighted by molar-refractivity contribution is -0.144. The summed E-state index contributed by atoms with van der Waals surface area (Å²) in [6.07, 6.45) is 1.36. The van der Waals surface area contributed by atoms with Gasteiger partial charge in [-0.3, -0.25) is 14.4 Å². The summed E-state index contributed by atoms with van der Waals surface area (Å²) in [5, 5.41) is 2.46. The molecule has 0 unspecified atom stereocenters. The van der Waals surface area contributed by atoms with Crippen LogP contribution in [0.3, 0.4) is 0 Å². The van der Waals surface area contributed by atoms with E-state index in [2.05, 4.69) is 5.32 Å². The van der Waals surface area contributed by atoms with Gasteiger partial charge < -0.3 is 14.5 Å². The van der Waals surface area contributed by atoms with Gasteiger partial charge in [-0.05, 0) is 30.3 Å². The van der Waals surface area contributed by atoms with Gasteiger partial charge in [0.1, 0.15) is 12.3 Å². The fraction of sp³-hybridized carbons (Fsp3) is 0.300. The van der Waals surface area contributed by atoms with Crippen LogP contribution in [0.25, 0.3) is 0 Å². The summed E-state index contributed by atoms with van der Waals surface area (Å²) in [6, 6.07) is 7.78. The number of hydrogen-bond donors (Lipinski definition) is 1. The highest BCUT2D eigenvalue weighted by atomic mass is 32.2. The lowest BCUT2D eigenvalue weighted by Crippen LogP contribution is -2.40. The SMILES string of the molecule is O=C(CN1C(=O)C(=O)N(Cc2ccco2)C1=O)Nc1cccc(S(=O)(=O)N2CCOCC2)c1. The van der Waals surface area contributed by atoms with Gasteiger partial charge in [-0.25, -0.2) is 23.0 Å². The molecule has 5 amide bonds. The zero-order valence-corrected chi connectivity index (χ0v) is 18.1. The number of urea groups is 1. The average molecular weight is 476 g/mol. The number of amides is 5. The molecule has 174 valence electrons. The van der Waals surface area contributed by atoms with Crippen molar-refractivity contribution in [1.82, 2.24) is 14.1 Å². The van der Waals surface area contributed by atoms with E-state index < -0.39 is 40.3 Å². The Morgan fingerprint density at radius 1 is 1.00 bits per heavy atom. The van der Waals surface area contributed by atoms with Crippen LogP contribution in [0, 0.1) is 0 Å². The van der Waals surface area contributed by atoms with E-state index in [0.717, 1.165) is 0 Å². The number of nitrogens with one attached hydrogen (secondary N) is 1. The van der Waals surface area contributed by atoms with Crippen LogP contribution in [0.1, 0.15) is 5.76 Å². The van der Waals surface area contributed by atoms with Crippen LogP contribution in [0.2, 0.25) is 0 Å². The molecule has 1 aromatic carbocycles. The molecule has 13 heteroatoms. The maximum Gasteiger partial charge on any atom is 0.335 e. The Morgan fingerprint density at radius 3 is 2.42 bits per heavy atom. The molecule has 0 aliphatic carbocycles. The maximum atomic E-state index is 12.8. The number of anilines is 1. The number of imide groups is 2. The predicted octanol–water partition coefficient (Wildman–Crippen LogP) is 0.230. The van der Waals surface area contributed by atoms with Crippen molar-refractivity contribution in [2.45, 2.75) is 11.4 Å². The van der Waals surface area contributed by atoms with Crippen molar-refractivity contribution in [3.63, 3.8) is 0 Å². The number of carbonyl (C=O) groups excluding carboxylic acids is 4. The first-order chi connectivity index (χ1) is 15.8. The van der Waals surface area contributed by atoms with E-state index in [0.29, 0.717) is 28.8 Å². The number of hydrogen-bond acceptors (Lipinski definition) is 8. The first-order valence-corrected chi connectivity index (χ1v) is 11.4. The van der Waals surface area contributed by atoms with Crippen LogP contribution in [-0.4, -0.2) is 79.1 Å². The van der Waals surface area contributed by atoms with E-state index in [-0.39, 0.29) is 30.2 Å². The normalized spacial score (nSPS) is 17.6. The van der Waals surface area contributed by atoms with Crippen molar-refractivity contribution < 1.29 is 36.7 Å². The molecule has 2 saturated heterocycles. The third-order valence-corrected chi connectivity index (χ3v) is 6.95. The smallest absolute Gasteiger partial charge is 0.335 e. The van der Waals surface area contributed by atoms with E-state index in [1.807, 2.05) is 0 Å². The first kappa shape index (κ1) is 22.6. The highest BCUT2D eigenvalue weighted by Crippen LogP contribution is 2.21. The Bertz CT molecular complexity index is 1190. The van der Waals surface area contributed by atoms with Gasteiger partial charge in [0.05, 0.1) is 30.9 Å². The third kappa shape index (κ3) is 4.65. The molecule has 1 aromatic heterocycles. The lowest BCUT2D eigenvalue weighted by Gasteiger charge is -2.26. The quantitative estimate of drug-likeness (QED) is 0.441. The van der Waals surface area contributed by atoms with Gasteiger partial charge in [-0.15, -0.1) is 0 Å². The minimum atomic E-state index is -3.78. The molecule has 33 heavy (non-hydrogen) atoms. The van der Waals surface area contributed by atoms with Crippen LogP contribution in [0.5, 0.6) is 0 Å².